The summed E-state index contributed by atoms with van der Waals surface area (Å²) < 4.78 is 33.5. The number of rotatable bonds is 6. The number of amidine groups is 1. The van der Waals surface area contributed by atoms with Gasteiger partial charge in [-0.3, -0.25) is 4.79 Å². The van der Waals surface area contributed by atoms with Gasteiger partial charge < -0.3 is 20.7 Å². The number of hydrogen-bond acceptors (Lipinski definition) is 7. The van der Waals surface area contributed by atoms with Gasteiger partial charge in [0, 0.05) is 25.0 Å². The Morgan fingerprint density at radius 3 is 2.82 bits per heavy atom. The molecule has 5 rings (SSSR count). The highest BCUT2D eigenvalue weighted by molar-refractivity contribution is 7.89. The van der Waals surface area contributed by atoms with E-state index in [4.69, 9.17) is 10.5 Å². The van der Waals surface area contributed by atoms with Crippen LogP contribution >= 0.6 is 0 Å². The van der Waals surface area contributed by atoms with Crippen LogP contribution in [-0.2, 0) is 15.8 Å². The van der Waals surface area contributed by atoms with Crippen molar-refractivity contribution in [2.75, 3.05) is 24.6 Å². The van der Waals surface area contributed by atoms with Gasteiger partial charge in [-0.1, -0.05) is 18.2 Å². The maximum absolute atomic E-state index is 12.4. The lowest BCUT2D eigenvalue weighted by atomic mass is 9.98. The quantitative estimate of drug-likeness (QED) is 0.661. The summed E-state index contributed by atoms with van der Waals surface area (Å²) in [5.41, 5.74) is 7.56. The molecular weight excluding hydrogens is 442 g/mol. The lowest BCUT2D eigenvalue weighted by Gasteiger charge is -2.33. The van der Waals surface area contributed by atoms with Gasteiger partial charge in [0.25, 0.3) is 15.9 Å². The molecule has 9 nitrogen and oxygen atoms in total. The van der Waals surface area contributed by atoms with E-state index in [-0.39, 0.29) is 23.4 Å². The van der Waals surface area contributed by atoms with Crippen LogP contribution < -0.4 is 20.7 Å². The Balaban J connectivity index is 1.25. The number of fused-ring (bicyclic) bond motifs is 1. The second-order valence-corrected chi connectivity index (χ2v) is 10.5. The van der Waals surface area contributed by atoms with Gasteiger partial charge in [0.15, 0.2) is 0 Å². The number of carbonyl (C=O) groups excluding carboxylic acids is 1. The lowest BCUT2D eigenvalue weighted by Crippen LogP contribution is -2.38. The summed E-state index contributed by atoms with van der Waals surface area (Å²) in [6.07, 6.45) is 4.07. The molecule has 1 aromatic heterocycles. The van der Waals surface area contributed by atoms with E-state index < -0.39 is 10.0 Å². The minimum atomic E-state index is -3.58. The third kappa shape index (κ3) is 4.95. The molecule has 2 aliphatic heterocycles. The Bertz CT molecular complexity index is 1210. The number of nitrogens with one attached hydrogen (secondary N) is 1. The largest absolute Gasteiger partial charge is 0.492 e. The third-order valence-electron chi connectivity index (χ3n) is 6.14. The van der Waals surface area contributed by atoms with E-state index in [9.17, 15) is 13.2 Å². The maximum atomic E-state index is 12.4. The molecule has 0 spiro atoms. The smallest absolute Gasteiger partial charge is 0.270 e. The van der Waals surface area contributed by atoms with Gasteiger partial charge in [0.05, 0.1) is 17.9 Å². The van der Waals surface area contributed by atoms with Gasteiger partial charge in [-0.05, 0) is 49.4 Å². The van der Waals surface area contributed by atoms with E-state index in [1.807, 2.05) is 12.1 Å². The molecule has 0 bridgehead atoms. The fraction of sp³-hybridized carbons (Fsp3) is 0.435. The summed E-state index contributed by atoms with van der Waals surface area (Å²) in [5, 5.41) is 2.98. The van der Waals surface area contributed by atoms with Crippen molar-refractivity contribution in [3.63, 3.8) is 0 Å². The average molecular weight is 470 g/mol. The Morgan fingerprint density at radius 1 is 1.18 bits per heavy atom. The number of pyridine rings is 1. The Hall–Kier alpha value is -3.14. The van der Waals surface area contributed by atoms with Crippen LogP contribution in [0.2, 0.25) is 0 Å². The molecule has 174 valence electrons. The lowest BCUT2D eigenvalue weighted by molar-refractivity contribution is 0.0946. The van der Waals surface area contributed by atoms with Crippen molar-refractivity contribution < 1.29 is 17.9 Å². The van der Waals surface area contributed by atoms with Crippen LogP contribution in [-0.4, -0.2) is 50.9 Å². The zero-order chi connectivity index (χ0) is 23.0. The fourth-order valence-corrected chi connectivity index (χ4v) is 5.45. The van der Waals surface area contributed by atoms with Gasteiger partial charge in [0.2, 0.25) is 0 Å². The number of nitrogens with zero attached hydrogens (tertiary/aromatic N) is 3. The first kappa shape index (κ1) is 21.7. The Morgan fingerprint density at radius 2 is 2.00 bits per heavy atom. The molecule has 1 aliphatic carbocycles. The van der Waals surface area contributed by atoms with E-state index in [0.717, 1.165) is 44.6 Å². The molecule has 2 fully saturated rings. The zero-order valence-electron chi connectivity index (χ0n) is 18.2. The van der Waals surface area contributed by atoms with E-state index in [0.29, 0.717) is 35.2 Å². The number of carbonyl (C=O) groups is 1. The molecule has 1 amide bonds. The first-order valence-corrected chi connectivity index (χ1v) is 12.8. The molecule has 1 aromatic carbocycles. The third-order valence-corrected chi connectivity index (χ3v) is 7.29. The molecule has 1 atom stereocenters. The molecule has 3 heterocycles. The molecular formula is C23H27N5O4S. The zero-order valence-corrected chi connectivity index (χ0v) is 19.1. The SMILES string of the molecule is NC1=NS(=O)(=O)Cc2cccc(OC[C@H]3CCCN(c4cccc(C(=O)NC5CC5)n4)C3)c21. The highest BCUT2D eigenvalue weighted by Crippen LogP contribution is 2.29. The predicted molar refractivity (Wildman–Crippen MR) is 125 cm³/mol. The molecule has 0 unspecified atom stereocenters. The first-order valence-electron chi connectivity index (χ1n) is 11.2. The van der Waals surface area contributed by atoms with Crippen LogP contribution in [0.5, 0.6) is 5.75 Å². The summed E-state index contributed by atoms with van der Waals surface area (Å²) in [7, 11) is -3.58. The van der Waals surface area contributed by atoms with E-state index in [1.54, 1.807) is 24.3 Å². The van der Waals surface area contributed by atoms with Crippen molar-refractivity contribution in [1.29, 1.82) is 0 Å². The van der Waals surface area contributed by atoms with Crippen molar-refractivity contribution in [3.8, 4) is 5.75 Å². The van der Waals surface area contributed by atoms with Crippen LogP contribution in [0, 0.1) is 5.92 Å². The Kier molecular flexibility index (Phi) is 5.69. The predicted octanol–water partition coefficient (Wildman–Crippen LogP) is 1.82. The molecule has 3 aliphatic rings. The standard InChI is InChI=1S/C23H27N5O4S/c24-22-21-16(14-33(30,31)27-22)5-1-7-19(21)32-13-15-4-3-11-28(12-15)20-8-2-6-18(26-20)23(29)25-17-9-10-17/h1-2,5-8,15,17H,3-4,9-14H2,(H2,24,27)(H,25,29)/t15-/m0/s1. The second-order valence-electron chi connectivity index (χ2n) is 8.89. The number of benzene rings is 1. The normalized spacial score (nSPS) is 21.6. The monoisotopic (exact) mass is 469 g/mol. The number of sulfonamides is 1. The highest BCUT2D eigenvalue weighted by Gasteiger charge is 2.28. The van der Waals surface area contributed by atoms with Gasteiger partial charge in [-0.2, -0.15) is 0 Å². The van der Waals surface area contributed by atoms with E-state index in [1.165, 1.54) is 0 Å². The highest BCUT2D eigenvalue weighted by atomic mass is 32.2. The summed E-state index contributed by atoms with van der Waals surface area (Å²) in [6.45, 7) is 2.10. The van der Waals surface area contributed by atoms with Crippen molar-refractivity contribution in [3.05, 3.63) is 53.2 Å². The first-order chi connectivity index (χ1) is 15.9. The minimum Gasteiger partial charge on any atom is -0.492 e. The van der Waals surface area contributed by atoms with E-state index >= 15 is 0 Å². The van der Waals surface area contributed by atoms with Crippen molar-refractivity contribution in [2.45, 2.75) is 37.5 Å². The molecule has 3 N–H and O–H groups in total. The summed E-state index contributed by atoms with van der Waals surface area (Å²) in [6, 6.07) is 11.2. The number of anilines is 1. The minimum absolute atomic E-state index is 0.0254. The maximum Gasteiger partial charge on any atom is 0.270 e. The van der Waals surface area contributed by atoms with Crippen LogP contribution in [0.3, 0.4) is 0 Å². The molecule has 10 heteroatoms. The van der Waals surface area contributed by atoms with Gasteiger partial charge in [-0.15, -0.1) is 4.40 Å². The van der Waals surface area contributed by atoms with Crippen LogP contribution in [0.15, 0.2) is 40.8 Å². The summed E-state index contributed by atoms with van der Waals surface area (Å²) in [4.78, 5) is 19.2. The summed E-state index contributed by atoms with van der Waals surface area (Å²) in [5.74, 6) is 1.28. The molecule has 33 heavy (non-hydrogen) atoms. The van der Waals surface area contributed by atoms with Crippen LogP contribution in [0.1, 0.15) is 47.3 Å². The van der Waals surface area contributed by atoms with Gasteiger partial charge in [0.1, 0.15) is 23.1 Å². The van der Waals surface area contributed by atoms with Crippen LogP contribution in [0.25, 0.3) is 0 Å². The topological polar surface area (TPSA) is 127 Å². The van der Waals surface area contributed by atoms with Crippen molar-refractivity contribution in [1.82, 2.24) is 10.3 Å². The van der Waals surface area contributed by atoms with Crippen molar-refractivity contribution in [2.24, 2.45) is 16.0 Å². The van der Waals surface area contributed by atoms with Gasteiger partial charge >= 0.3 is 0 Å². The Labute approximate surface area is 193 Å². The van der Waals surface area contributed by atoms with Gasteiger partial charge in [-0.25, -0.2) is 13.4 Å². The number of ether oxygens (including phenoxy) is 1. The number of hydrogen-bond donors (Lipinski definition) is 2. The summed E-state index contributed by atoms with van der Waals surface area (Å²) >= 11 is 0. The molecule has 1 saturated heterocycles. The molecule has 1 saturated carbocycles. The number of amides is 1. The van der Waals surface area contributed by atoms with Crippen molar-refractivity contribution >= 4 is 27.6 Å². The fourth-order valence-electron chi connectivity index (χ4n) is 4.36. The molecule has 0 radical (unpaired) electrons. The van der Waals surface area contributed by atoms with Crippen LogP contribution in [0.4, 0.5) is 5.82 Å². The number of aromatic nitrogens is 1. The van der Waals surface area contributed by atoms with E-state index in [2.05, 4.69) is 19.6 Å². The number of nitrogens with two attached hydrogens (primary N) is 1. The average Bonchev–Trinajstić information content (AvgIpc) is 3.61. The number of piperidine rings is 1. The molecule has 2 aromatic rings. The second kappa shape index (κ2) is 8.66.